The second-order valence-electron chi connectivity index (χ2n) is 8.27. The highest BCUT2D eigenvalue weighted by Gasteiger charge is 2.43. The number of nitrogens with one attached hydrogen (secondary N) is 1. The maximum absolute atomic E-state index is 13.5. The number of amides is 1. The van der Waals surface area contributed by atoms with Crippen LogP contribution in [0.25, 0.3) is 0 Å². The molecule has 0 aliphatic carbocycles. The van der Waals surface area contributed by atoms with Crippen LogP contribution < -0.4 is 5.32 Å². The van der Waals surface area contributed by atoms with Gasteiger partial charge in [0.2, 0.25) is 0 Å². The SMILES string of the molecule is CN=C1NC(=O)S/C1=C\C1C[C@H]2CC[C@@H](C1)N2Cc1ccc(C(F)(F)F)cc1C(F)(F)F. The summed E-state index contributed by atoms with van der Waals surface area (Å²) in [6.07, 6.45) is -4.61. The number of rotatable bonds is 3. The van der Waals surface area contributed by atoms with Crippen molar-refractivity contribution in [3.63, 3.8) is 0 Å². The van der Waals surface area contributed by atoms with E-state index in [2.05, 4.69) is 10.3 Å². The van der Waals surface area contributed by atoms with E-state index in [4.69, 9.17) is 0 Å². The number of hydrogen-bond donors (Lipinski definition) is 1. The fourth-order valence-electron chi connectivity index (χ4n) is 4.89. The van der Waals surface area contributed by atoms with Crippen molar-refractivity contribution in [3.8, 4) is 0 Å². The van der Waals surface area contributed by atoms with Crippen LogP contribution in [0.15, 0.2) is 34.2 Å². The molecule has 1 aromatic rings. The minimum absolute atomic E-state index is 0.0380. The van der Waals surface area contributed by atoms with Crippen LogP contribution in [0.5, 0.6) is 0 Å². The highest BCUT2D eigenvalue weighted by Crippen LogP contribution is 2.43. The molecule has 3 fully saturated rings. The van der Waals surface area contributed by atoms with Crippen LogP contribution in [-0.2, 0) is 18.9 Å². The van der Waals surface area contributed by atoms with Gasteiger partial charge in [0, 0.05) is 25.7 Å². The zero-order valence-corrected chi connectivity index (χ0v) is 17.9. The number of benzene rings is 1. The van der Waals surface area contributed by atoms with Crippen molar-refractivity contribution in [2.24, 2.45) is 10.9 Å². The normalized spacial score (nSPS) is 29.2. The van der Waals surface area contributed by atoms with Crippen LogP contribution in [0, 0.1) is 5.92 Å². The number of halogens is 6. The number of hydrogen-bond acceptors (Lipinski definition) is 4. The summed E-state index contributed by atoms with van der Waals surface area (Å²) in [4.78, 5) is 18.4. The molecule has 0 spiro atoms. The Morgan fingerprint density at radius 3 is 2.34 bits per heavy atom. The predicted octanol–water partition coefficient (Wildman–Crippen LogP) is 5.84. The molecule has 3 heterocycles. The number of aliphatic imine (C=N–C) groups is 1. The highest BCUT2D eigenvalue weighted by atomic mass is 32.2. The average Bonchev–Trinajstić information content (AvgIpc) is 3.15. The van der Waals surface area contributed by atoms with Crippen molar-refractivity contribution < 1.29 is 31.1 Å². The van der Waals surface area contributed by atoms with Gasteiger partial charge in [0.25, 0.3) is 5.24 Å². The van der Waals surface area contributed by atoms with E-state index in [1.54, 1.807) is 7.05 Å². The van der Waals surface area contributed by atoms with Crippen molar-refractivity contribution in [2.75, 3.05) is 7.05 Å². The lowest BCUT2D eigenvalue weighted by Gasteiger charge is -2.38. The van der Waals surface area contributed by atoms with Gasteiger partial charge >= 0.3 is 12.4 Å². The van der Waals surface area contributed by atoms with Crippen LogP contribution in [-0.4, -0.2) is 35.1 Å². The molecule has 4 rings (SSSR count). The lowest BCUT2D eigenvalue weighted by Crippen LogP contribution is -2.42. The predicted molar refractivity (Wildman–Crippen MR) is 109 cm³/mol. The second kappa shape index (κ2) is 8.40. The minimum Gasteiger partial charge on any atom is -0.300 e. The second-order valence-corrected chi connectivity index (χ2v) is 9.29. The lowest BCUT2D eigenvalue weighted by molar-refractivity contribution is -0.143. The van der Waals surface area contributed by atoms with E-state index in [1.165, 1.54) is 0 Å². The molecule has 3 saturated heterocycles. The Bertz CT molecular complexity index is 957. The number of alkyl halides is 6. The summed E-state index contributed by atoms with van der Waals surface area (Å²) < 4.78 is 79.4. The molecule has 0 saturated carbocycles. The van der Waals surface area contributed by atoms with E-state index in [1.807, 2.05) is 11.0 Å². The Balaban J connectivity index is 1.53. The number of piperidine rings is 1. The number of carbonyl (C=O) groups excluding carboxylic acids is 1. The fraction of sp³-hybridized carbons (Fsp3) is 0.524. The summed E-state index contributed by atoms with van der Waals surface area (Å²) in [6, 6.07) is 1.96. The molecule has 4 nitrogen and oxygen atoms in total. The molecule has 0 radical (unpaired) electrons. The Kier molecular flexibility index (Phi) is 6.08. The molecule has 1 amide bonds. The highest BCUT2D eigenvalue weighted by molar-refractivity contribution is 8.18. The van der Waals surface area contributed by atoms with Crippen LogP contribution in [0.2, 0.25) is 0 Å². The number of allylic oxidation sites excluding steroid dienone is 1. The summed E-state index contributed by atoms with van der Waals surface area (Å²) >= 11 is 1.08. The first kappa shape index (κ1) is 23.2. The molecule has 1 unspecified atom stereocenters. The van der Waals surface area contributed by atoms with Crippen molar-refractivity contribution in [1.82, 2.24) is 10.2 Å². The van der Waals surface area contributed by atoms with Crippen molar-refractivity contribution in [3.05, 3.63) is 45.9 Å². The standard InChI is InChI=1S/C21H21F6N3OS/c1-28-18-17(32-19(31)29-18)8-11-6-14-4-5-15(7-11)30(14)10-12-2-3-13(20(22,23)24)9-16(12)21(25,26)27/h2-3,8-9,11,14-15H,4-7,10H2,1H3,(H,28,29,31)/b17-8-/t11?,14-,15+. The van der Waals surface area contributed by atoms with E-state index in [0.29, 0.717) is 18.7 Å². The molecule has 32 heavy (non-hydrogen) atoms. The van der Waals surface area contributed by atoms with Gasteiger partial charge in [-0.15, -0.1) is 0 Å². The summed E-state index contributed by atoms with van der Waals surface area (Å²) in [5.74, 6) is 0.680. The molecule has 3 atom stereocenters. The van der Waals surface area contributed by atoms with Crippen LogP contribution in [0.4, 0.5) is 31.1 Å². The third kappa shape index (κ3) is 4.68. The van der Waals surface area contributed by atoms with Gasteiger partial charge in [-0.1, -0.05) is 12.1 Å². The van der Waals surface area contributed by atoms with Gasteiger partial charge in [-0.05, 0) is 61.1 Å². The number of amidine groups is 1. The summed E-state index contributed by atoms with van der Waals surface area (Å²) in [5, 5.41) is 2.47. The van der Waals surface area contributed by atoms with Crippen molar-refractivity contribution in [1.29, 1.82) is 0 Å². The van der Waals surface area contributed by atoms with Gasteiger partial charge < -0.3 is 5.32 Å². The zero-order chi connectivity index (χ0) is 23.3. The first-order chi connectivity index (χ1) is 15.0. The average molecular weight is 477 g/mol. The summed E-state index contributed by atoms with van der Waals surface area (Å²) in [5.41, 5.74) is -2.67. The van der Waals surface area contributed by atoms with E-state index in [9.17, 15) is 31.1 Å². The first-order valence-corrected chi connectivity index (χ1v) is 11.0. The number of nitrogens with zero attached hydrogens (tertiary/aromatic N) is 2. The smallest absolute Gasteiger partial charge is 0.300 e. The fourth-order valence-corrected chi connectivity index (χ4v) is 5.73. The molecule has 3 aliphatic heterocycles. The van der Waals surface area contributed by atoms with Gasteiger partial charge in [0.05, 0.1) is 16.0 Å². The van der Waals surface area contributed by atoms with Gasteiger partial charge in [-0.2, -0.15) is 26.3 Å². The van der Waals surface area contributed by atoms with Crippen LogP contribution in [0.1, 0.15) is 42.4 Å². The van der Waals surface area contributed by atoms with E-state index in [-0.39, 0.29) is 41.4 Å². The Morgan fingerprint density at radius 2 is 1.78 bits per heavy atom. The Labute approximate surface area is 185 Å². The van der Waals surface area contributed by atoms with E-state index < -0.39 is 23.5 Å². The maximum atomic E-state index is 13.5. The number of carbonyl (C=O) groups is 1. The first-order valence-electron chi connectivity index (χ1n) is 10.2. The van der Waals surface area contributed by atoms with Crippen LogP contribution in [0.3, 0.4) is 0 Å². The topological polar surface area (TPSA) is 44.7 Å². The van der Waals surface area contributed by atoms with Gasteiger partial charge in [-0.25, -0.2) is 0 Å². The summed E-state index contributed by atoms with van der Waals surface area (Å²) in [7, 11) is 1.59. The molecule has 0 aromatic heterocycles. The molecule has 1 N–H and O–H groups in total. The van der Waals surface area contributed by atoms with Gasteiger partial charge in [-0.3, -0.25) is 14.7 Å². The molecule has 2 bridgehead atoms. The molecule has 11 heteroatoms. The third-order valence-electron chi connectivity index (χ3n) is 6.28. The number of thioether (sulfide) groups is 1. The molecular formula is C21H21F6N3OS. The van der Waals surface area contributed by atoms with E-state index >= 15 is 0 Å². The molecule has 174 valence electrons. The molecular weight excluding hydrogens is 456 g/mol. The maximum Gasteiger partial charge on any atom is 0.416 e. The largest absolute Gasteiger partial charge is 0.416 e. The zero-order valence-electron chi connectivity index (χ0n) is 17.1. The minimum atomic E-state index is -4.87. The lowest BCUT2D eigenvalue weighted by atomic mass is 9.89. The quantitative estimate of drug-likeness (QED) is 0.557. The Morgan fingerprint density at radius 1 is 1.12 bits per heavy atom. The van der Waals surface area contributed by atoms with Gasteiger partial charge in [0.15, 0.2) is 0 Å². The molecule has 3 aliphatic rings. The Hall–Kier alpha value is -2.01. The third-order valence-corrected chi connectivity index (χ3v) is 7.12. The van der Waals surface area contributed by atoms with Crippen molar-refractivity contribution in [2.45, 2.75) is 56.7 Å². The number of fused-ring (bicyclic) bond motifs is 2. The molecule has 1 aromatic carbocycles. The van der Waals surface area contributed by atoms with Gasteiger partial charge in [0.1, 0.15) is 5.84 Å². The van der Waals surface area contributed by atoms with E-state index in [0.717, 1.165) is 41.6 Å². The van der Waals surface area contributed by atoms with Crippen molar-refractivity contribution >= 4 is 22.8 Å². The summed E-state index contributed by atoms with van der Waals surface area (Å²) in [6.45, 7) is -0.0396. The van der Waals surface area contributed by atoms with Crippen LogP contribution >= 0.6 is 11.8 Å². The monoisotopic (exact) mass is 477 g/mol.